The average Bonchev–Trinajstić information content (AvgIpc) is 2.70. The van der Waals surface area contributed by atoms with Crippen LogP contribution in [0.2, 0.25) is 0 Å². The lowest BCUT2D eigenvalue weighted by atomic mass is 10.2. The van der Waals surface area contributed by atoms with Crippen LogP contribution in [0.15, 0.2) is 27.4 Å². The minimum absolute atomic E-state index is 0.112. The van der Waals surface area contributed by atoms with Gasteiger partial charge in [-0.15, -0.1) is 5.10 Å². The molecule has 0 radical (unpaired) electrons. The zero-order valence-electron chi connectivity index (χ0n) is 10.4. The normalized spacial score (nSPS) is 11.1. The molecular formula is C10H14N6OS. The van der Waals surface area contributed by atoms with Crippen molar-refractivity contribution in [2.24, 2.45) is 13.0 Å². The second-order valence-electron chi connectivity index (χ2n) is 4.27. The molecule has 0 fully saturated rings. The van der Waals surface area contributed by atoms with Crippen molar-refractivity contribution >= 4 is 11.8 Å². The van der Waals surface area contributed by atoms with Crippen LogP contribution in [0, 0.1) is 5.92 Å². The van der Waals surface area contributed by atoms with E-state index < -0.39 is 0 Å². The van der Waals surface area contributed by atoms with Gasteiger partial charge in [0.05, 0.1) is 0 Å². The van der Waals surface area contributed by atoms with Gasteiger partial charge in [-0.2, -0.15) is 0 Å². The van der Waals surface area contributed by atoms with Crippen LogP contribution in [0.5, 0.6) is 0 Å². The summed E-state index contributed by atoms with van der Waals surface area (Å²) in [6, 6.07) is 0. The van der Waals surface area contributed by atoms with Crippen LogP contribution >= 0.6 is 11.8 Å². The number of hydrogen-bond donors (Lipinski definition) is 0. The summed E-state index contributed by atoms with van der Waals surface area (Å²) in [5, 5.41) is 12.0. The molecule has 7 nitrogen and oxygen atoms in total. The number of hydrogen-bond acceptors (Lipinski definition) is 6. The molecule has 0 atom stereocenters. The predicted molar refractivity (Wildman–Crippen MR) is 66.3 cm³/mol. The number of aryl methyl sites for hydroxylation is 1. The highest BCUT2D eigenvalue weighted by Crippen LogP contribution is 2.18. The Morgan fingerprint density at radius 1 is 1.44 bits per heavy atom. The minimum atomic E-state index is -0.112. The fraction of sp³-hybridized carbons (Fsp3) is 0.500. The minimum Gasteiger partial charge on any atom is -0.311 e. The molecule has 0 N–H and O–H groups in total. The van der Waals surface area contributed by atoms with Crippen LogP contribution in [0.25, 0.3) is 0 Å². The number of aromatic nitrogens is 6. The summed E-state index contributed by atoms with van der Waals surface area (Å²) in [5.74, 6) is 0.402. The summed E-state index contributed by atoms with van der Waals surface area (Å²) in [6.07, 6.45) is 3.32. The van der Waals surface area contributed by atoms with E-state index in [9.17, 15) is 4.79 Å². The molecule has 0 unspecified atom stereocenters. The van der Waals surface area contributed by atoms with Crippen molar-refractivity contribution in [2.75, 3.05) is 0 Å². The molecule has 0 spiro atoms. The van der Waals surface area contributed by atoms with Crippen molar-refractivity contribution in [3.63, 3.8) is 0 Å². The smallest absolute Gasteiger partial charge is 0.283 e. The van der Waals surface area contributed by atoms with Gasteiger partial charge in [0.15, 0.2) is 5.03 Å². The van der Waals surface area contributed by atoms with Gasteiger partial charge in [-0.25, -0.2) is 9.67 Å². The molecule has 18 heavy (non-hydrogen) atoms. The first-order valence-corrected chi connectivity index (χ1v) is 6.35. The molecule has 2 aromatic heterocycles. The van der Waals surface area contributed by atoms with E-state index in [0.29, 0.717) is 22.6 Å². The van der Waals surface area contributed by atoms with Gasteiger partial charge in [0.25, 0.3) is 5.56 Å². The summed E-state index contributed by atoms with van der Waals surface area (Å²) >= 11 is 1.17. The maximum absolute atomic E-state index is 12.1. The Balaban J connectivity index is 2.29. The highest BCUT2D eigenvalue weighted by atomic mass is 32.2. The Labute approximate surface area is 108 Å². The van der Waals surface area contributed by atoms with E-state index in [1.807, 2.05) is 0 Å². The first kappa shape index (κ1) is 12.7. The zero-order valence-corrected chi connectivity index (χ0v) is 11.3. The van der Waals surface area contributed by atoms with Gasteiger partial charge in [0, 0.05) is 26.0 Å². The van der Waals surface area contributed by atoms with Crippen molar-refractivity contribution in [2.45, 2.75) is 30.6 Å². The fourth-order valence-corrected chi connectivity index (χ4v) is 2.17. The van der Waals surface area contributed by atoms with Crippen molar-refractivity contribution < 1.29 is 0 Å². The van der Waals surface area contributed by atoms with E-state index in [-0.39, 0.29) is 5.56 Å². The summed E-state index contributed by atoms with van der Waals surface area (Å²) in [4.78, 5) is 16.2. The Morgan fingerprint density at radius 2 is 2.22 bits per heavy atom. The predicted octanol–water partition coefficient (Wildman–Crippen LogP) is 0.574. The first-order chi connectivity index (χ1) is 8.58. The third-order valence-corrected chi connectivity index (χ3v) is 3.22. The number of rotatable bonds is 4. The van der Waals surface area contributed by atoms with Gasteiger partial charge >= 0.3 is 0 Å². The third-order valence-electron chi connectivity index (χ3n) is 2.21. The molecule has 2 rings (SSSR count). The molecule has 0 saturated carbocycles. The first-order valence-electron chi connectivity index (χ1n) is 5.53. The molecule has 0 bridgehead atoms. The van der Waals surface area contributed by atoms with Gasteiger partial charge in [-0.3, -0.25) is 4.79 Å². The van der Waals surface area contributed by atoms with Gasteiger partial charge in [0.1, 0.15) is 0 Å². The standard InChI is InChI=1S/C10H14N6OS/c1-7(2)6-16-5-4-11-8(9(16)17)18-10-12-13-14-15(10)3/h4-5,7H,6H2,1-3H3. The van der Waals surface area contributed by atoms with E-state index >= 15 is 0 Å². The molecule has 0 aromatic carbocycles. The molecule has 2 heterocycles. The average molecular weight is 266 g/mol. The molecule has 0 saturated heterocycles. The second-order valence-corrected chi connectivity index (χ2v) is 5.23. The lowest BCUT2D eigenvalue weighted by Gasteiger charge is -2.08. The van der Waals surface area contributed by atoms with Crippen LogP contribution in [0.3, 0.4) is 0 Å². The molecule has 2 aromatic rings. The summed E-state index contributed by atoms with van der Waals surface area (Å²) in [5.41, 5.74) is -0.112. The monoisotopic (exact) mass is 266 g/mol. The van der Waals surface area contributed by atoms with Gasteiger partial charge in [0.2, 0.25) is 5.16 Å². The van der Waals surface area contributed by atoms with Crippen LogP contribution in [0.1, 0.15) is 13.8 Å². The van der Waals surface area contributed by atoms with E-state index in [4.69, 9.17) is 0 Å². The SMILES string of the molecule is CC(C)Cn1ccnc(Sc2nnnn2C)c1=O. The topological polar surface area (TPSA) is 78.5 Å². The van der Waals surface area contributed by atoms with Crippen molar-refractivity contribution in [3.8, 4) is 0 Å². The van der Waals surface area contributed by atoms with Crippen LogP contribution in [0.4, 0.5) is 0 Å². The Hall–Kier alpha value is -1.70. The Morgan fingerprint density at radius 3 is 2.83 bits per heavy atom. The van der Waals surface area contributed by atoms with E-state index in [1.165, 1.54) is 16.4 Å². The molecule has 0 aliphatic heterocycles. The highest BCUT2D eigenvalue weighted by Gasteiger charge is 2.11. The molecule has 0 amide bonds. The van der Waals surface area contributed by atoms with Gasteiger partial charge < -0.3 is 4.57 Å². The van der Waals surface area contributed by atoms with Crippen molar-refractivity contribution in [3.05, 3.63) is 22.7 Å². The Kier molecular flexibility index (Phi) is 3.75. The maximum atomic E-state index is 12.1. The lowest BCUT2D eigenvalue weighted by molar-refractivity contribution is 0.502. The van der Waals surface area contributed by atoms with Gasteiger partial charge in [-0.05, 0) is 28.1 Å². The molecule has 0 aliphatic carbocycles. The third kappa shape index (κ3) is 2.76. The molecular weight excluding hydrogens is 252 g/mol. The van der Waals surface area contributed by atoms with Gasteiger partial charge in [-0.1, -0.05) is 13.8 Å². The van der Waals surface area contributed by atoms with Crippen LogP contribution in [-0.4, -0.2) is 29.8 Å². The summed E-state index contributed by atoms with van der Waals surface area (Å²) < 4.78 is 3.16. The van der Waals surface area contributed by atoms with E-state index in [1.54, 1.807) is 24.0 Å². The van der Waals surface area contributed by atoms with Crippen molar-refractivity contribution in [1.82, 2.24) is 29.8 Å². The fourth-order valence-electron chi connectivity index (χ4n) is 1.43. The van der Waals surface area contributed by atoms with E-state index in [0.717, 1.165) is 0 Å². The Bertz CT molecular complexity index is 590. The summed E-state index contributed by atoms with van der Waals surface area (Å²) in [6.45, 7) is 4.80. The second kappa shape index (κ2) is 5.30. The van der Waals surface area contributed by atoms with Crippen LogP contribution < -0.4 is 5.56 Å². The zero-order chi connectivity index (χ0) is 13.1. The number of nitrogens with zero attached hydrogens (tertiary/aromatic N) is 6. The highest BCUT2D eigenvalue weighted by molar-refractivity contribution is 7.99. The van der Waals surface area contributed by atoms with Crippen molar-refractivity contribution in [1.29, 1.82) is 0 Å². The lowest BCUT2D eigenvalue weighted by Crippen LogP contribution is -2.24. The van der Waals surface area contributed by atoms with Crippen LogP contribution in [-0.2, 0) is 13.6 Å². The quantitative estimate of drug-likeness (QED) is 0.805. The number of tetrazole rings is 1. The molecule has 96 valence electrons. The molecule has 0 aliphatic rings. The molecule has 8 heteroatoms. The summed E-state index contributed by atoms with van der Waals surface area (Å²) in [7, 11) is 1.72. The largest absolute Gasteiger partial charge is 0.311 e. The maximum Gasteiger partial charge on any atom is 0.283 e. The van der Waals surface area contributed by atoms with E-state index in [2.05, 4.69) is 34.4 Å².